The van der Waals surface area contributed by atoms with Gasteiger partial charge in [-0.15, -0.1) is 0 Å². The van der Waals surface area contributed by atoms with E-state index in [4.69, 9.17) is 26.3 Å². The van der Waals surface area contributed by atoms with Crippen LogP contribution in [0, 0.1) is 0 Å². The molecule has 220 valence electrons. The molecule has 0 saturated carbocycles. The second-order valence-electron chi connectivity index (χ2n) is 9.93. The van der Waals surface area contributed by atoms with Gasteiger partial charge in [0.25, 0.3) is 0 Å². The molecule has 4 nitrogen and oxygen atoms in total. The van der Waals surface area contributed by atoms with Gasteiger partial charge in [0.05, 0.1) is 30.2 Å². The van der Waals surface area contributed by atoms with E-state index in [1.807, 2.05) is 0 Å². The van der Waals surface area contributed by atoms with E-state index in [9.17, 15) is 8.22 Å². The monoisotopic (exact) mass is 623 g/mol. The smallest absolute Gasteiger partial charge is 0.164 e. The van der Waals surface area contributed by atoms with Crippen molar-refractivity contribution in [1.82, 2.24) is 15.0 Å². The summed E-state index contributed by atoms with van der Waals surface area (Å²) in [6.07, 6.45) is 0. The Morgan fingerprint density at radius 3 is 1.81 bits per heavy atom. The molecular weight excluding hydrogens is 574 g/mol. The van der Waals surface area contributed by atoms with Crippen LogP contribution in [0.5, 0.6) is 0 Å². The summed E-state index contributed by atoms with van der Waals surface area (Å²) in [4.78, 5) is 13.4. The van der Waals surface area contributed by atoms with E-state index >= 15 is 0 Å². The van der Waals surface area contributed by atoms with Crippen LogP contribution in [0.2, 0.25) is 0 Å². The minimum absolute atomic E-state index is 0.203. The van der Waals surface area contributed by atoms with Crippen molar-refractivity contribution < 1.29 is 34.6 Å². The molecule has 9 aromatic rings. The maximum Gasteiger partial charge on any atom is 0.164 e. The van der Waals surface area contributed by atoms with Crippen molar-refractivity contribution >= 4 is 32.7 Å². The number of aromatic nitrogens is 3. The van der Waals surface area contributed by atoms with Gasteiger partial charge in [-0.2, -0.15) is 0 Å². The summed E-state index contributed by atoms with van der Waals surface area (Å²) < 4.78 is 199. The lowest BCUT2D eigenvalue weighted by molar-refractivity contribution is 0.669. The minimum atomic E-state index is -0.849. The normalized spacial score (nSPS) is 18.0. The number of hydrogen-bond donors (Lipinski definition) is 0. The molecule has 2 heterocycles. The minimum Gasteiger partial charge on any atom is -0.456 e. The first kappa shape index (κ1) is 12.8. The molecule has 9 rings (SSSR count). The molecule has 0 aliphatic rings. The third-order valence-corrected chi connectivity index (χ3v) is 7.06. The number of furan rings is 1. The van der Waals surface area contributed by atoms with Crippen LogP contribution in [0.15, 0.2) is 168 Å². The molecule has 0 saturated heterocycles. The molecule has 0 aliphatic heterocycles. The van der Waals surface area contributed by atoms with Crippen molar-refractivity contribution in [2.24, 2.45) is 0 Å². The fourth-order valence-corrected chi connectivity index (χ4v) is 4.90. The van der Waals surface area contributed by atoms with Crippen molar-refractivity contribution in [3.05, 3.63) is 163 Å². The van der Waals surface area contributed by atoms with Gasteiger partial charge in [0, 0.05) is 27.5 Å². The first-order chi connectivity index (χ1) is 32.5. The Balaban J connectivity index is 1.34. The number of fused-ring (bicyclic) bond motifs is 4. The zero-order valence-corrected chi connectivity index (χ0v) is 23.6. The average molecular weight is 624 g/mol. The summed E-state index contributed by atoms with van der Waals surface area (Å²) in [7, 11) is 0. The topological polar surface area (TPSA) is 51.8 Å². The molecule has 0 radical (unpaired) electrons. The van der Waals surface area contributed by atoms with Crippen LogP contribution < -0.4 is 0 Å². The lowest BCUT2D eigenvalue weighted by Crippen LogP contribution is -2.00. The Kier molecular flexibility index (Phi) is 3.05. The van der Waals surface area contributed by atoms with Crippen LogP contribution >= 0.6 is 0 Å². The van der Waals surface area contributed by atoms with Crippen LogP contribution in [0.4, 0.5) is 0 Å². The van der Waals surface area contributed by atoms with E-state index < -0.39 is 200 Å². The molecule has 7 aromatic carbocycles. The maximum absolute atomic E-state index is 9.36. The number of nitrogens with zero attached hydrogens (tertiary/aromatic N) is 3. The maximum atomic E-state index is 9.36. The number of rotatable bonds is 5. The molecule has 0 unspecified atom stereocenters. The van der Waals surface area contributed by atoms with E-state index in [1.54, 1.807) is 30.3 Å². The van der Waals surface area contributed by atoms with Gasteiger partial charge in [0.2, 0.25) is 0 Å². The second-order valence-corrected chi connectivity index (χ2v) is 9.93. The number of hydrogen-bond acceptors (Lipinski definition) is 4. The molecule has 0 aliphatic carbocycles. The van der Waals surface area contributed by atoms with Crippen molar-refractivity contribution in [3.63, 3.8) is 0 Å². The van der Waals surface area contributed by atoms with Crippen LogP contribution in [-0.4, -0.2) is 15.0 Å². The van der Waals surface area contributed by atoms with Gasteiger partial charge < -0.3 is 4.42 Å². The fraction of sp³-hybridized carbons (Fsp3) is 0. The predicted octanol–water partition coefficient (Wildman–Crippen LogP) is 11.3. The summed E-state index contributed by atoms with van der Waals surface area (Å²) in [6.45, 7) is 0. The van der Waals surface area contributed by atoms with Crippen molar-refractivity contribution in [1.29, 1.82) is 0 Å². The van der Waals surface area contributed by atoms with E-state index in [-0.39, 0.29) is 22.2 Å². The van der Waals surface area contributed by atoms with E-state index in [0.29, 0.717) is 0 Å². The van der Waals surface area contributed by atoms with Gasteiger partial charge in [0.15, 0.2) is 17.5 Å². The SMILES string of the molecule is [2H]c1c([2H])c([2H])c(-c2c([2H])c([2H])c3c([2H])c(-c4nc(-c5ccccc5)nc(-c5c([2H])c([2H])c(-c6c([2H])c([2H])c([2H])c7oc8c([2H])c([2H])c([2H])c([2H])c8c67)c([2H])c5[2H])n4)c([2H])c([2H])c3c2[2H])c([2H])c1[2H]. The fourth-order valence-electron chi connectivity index (χ4n) is 4.90. The van der Waals surface area contributed by atoms with Gasteiger partial charge >= 0.3 is 0 Å². The average Bonchev–Trinajstić information content (AvgIpc) is 3.73. The van der Waals surface area contributed by atoms with E-state index in [1.165, 1.54) is 0 Å². The van der Waals surface area contributed by atoms with Crippen LogP contribution in [0.1, 0.15) is 30.2 Å². The van der Waals surface area contributed by atoms with Gasteiger partial charge in [-0.3, -0.25) is 0 Å². The summed E-state index contributed by atoms with van der Waals surface area (Å²) in [6, 6.07) is -9.00. The highest BCUT2D eigenvalue weighted by Gasteiger charge is 2.15. The molecule has 4 heteroatoms. The number of benzene rings is 7. The van der Waals surface area contributed by atoms with E-state index in [2.05, 4.69) is 15.0 Å². The van der Waals surface area contributed by atoms with Gasteiger partial charge in [-0.05, 0) is 57.2 Å². The molecule has 0 N–H and O–H groups in total. The van der Waals surface area contributed by atoms with Crippen LogP contribution in [-0.2, 0) is 0 Å². The van der Waals surface area contributed by atoms with Gasteiger partial charge in [-0.1, -0.05) is 139 Å². The van der Waals surface area contributed by atoms with Crippen molar-refractivity contribution in [2.45, 2.75) is 0 Å². The van der Waals surface area contributed by atoms with Crippen molar-refractivity contribution in [2.75, 3.05) is 0 Å². The third kappa shape index (κ3) is 4.93. The highest BCUT2D eigenvalue weighted by atomic mass is 16.3. The standard InChI is InChI=1S/C43H27N3O/c1-3-10-28(11-4-1)32-22-23-34-27-35(25-24-33(34)26-32)43-45-41(30-12-5-2-6-13-30)44-42(46-43)31-20-18-29(19-21-31)36-15-9-17-39-40(36)37-14-7-8-16-38(37)47-39/h1-27H/i1D,3D,4D,7D,8D,9D,10D,11D,14D,15D,16D,17D,18D,19D,20D,21D,22D,23D,24D,25D,26D,27D. The third-order valence-electron chi connectivity index (χ3n) is 7.06. The van der Waals surface area contributed by atoms with Crippen LogP contribution in [0.3, 0.4) is 0 Å². The molecule has 0 amide bonds. The Labute approximate surface area is 302 Å². The van der Waals surface area contributed by atoms with Gasteiger partial charge in [0.1, 0.15) is 11.2 Å². The zero-order valence-electron chi connectivity index (χ0n) is 45.6. The Morgan fingerprint density at radius 2 is 1.02 bits per heavy atom. The number of para-hydroxylation sites is 1. The summed E-state index contributed by atoms with van der Waals surface area (Å²) >= 11 is 0. The molecular formula is C43H27N3O. The lowest BCUT2D eigenvalue weighted by atomic mass is 9.98. The zero-order chi connectivity index (χ0) is 50.3. The second kappa shape index (κ2) is 11.2. The largest absolute Gasteiger partial charge is 0.456 e. The Bertz CT molecular complexity index is 3760. The Hall–Kier alpha value is -6.39. The lowest BCUT2D eigenvalue weighted by Gasteiger charge is -2.10. The molecule has 2 aromatic heterocycles. The molecule has 0 spiro atoms. The van der Waals surface area contributed by atoms with Gasteiger partial charge in [-0.25, -0.2) is 15.0 Å². The van der Waals surface area contributed by atoms with Crippen LogP contribution in [0.25, 0.3) is 89.1 Å². The summed E-state index contributed by atoms with van der Waals surface area (Å²) in [5.41, 5.74) is -4.09. The summed E-state index contributed by atoms with van der Waals surface area (Å²) in [5.74, 6) is -1.33. The van der Waals surface area contributed by atoms with E-state index in [0.717, 1.165) is 0 Å². The Morgan fingerprint density at radius 1 is 0.426 bits per heavy atom. The first-order valence-electron chi connectivity index (χ1n) is 24.9. The predicted molar refractivity (Wildman–Crippen MR) is 192 cm³/mol. The molecule has 0 atom stereocenters. The highest BCUT2D eigenvalue weighted by Crippen LogP contribution is 2.37. The molecule has 0 fully saturated rings. The highest BCUT2D eigenvalue weighted by molar-refractivity contribution is 6.12. The quantitative estimate of drug-likeness (QED) is 0.191. The first-order valence-corrected chi connectivity index (χ1v) is 13.9. The summed E-state index contributed by atoms with van der Waals surface area (Å²) in [5, 5.41) is -1.74. The molecule has 47 heavy (non-hydrogen) atoms. The van der Waals surface area contributed by atoms with Crippen molar-refractivity contribution in [3.8, 4) is 56.4 Å². The molecule has 0 bridgehead atoms.